The van der Waals surface area contributed by atoms with E-state index >= 15 is 0 Å². The Morgan fingerprint density at radius 2 is 1.53 bits per heavy atom. The predicted octanol–water partition coefficient (Wildman–Crippen LogP) is 4.03. The number of anilines is 2. The fourth-order valence-corrected chi connectivity index (χ4v) is 6.17. The summed E-state index contributed by atoms with van der Waals surface area (Å²) in [5, 5.41) is 0. The number of ether oxygens (including phenoxy) is 1. The van der Waals surface area contributed by atoms with Gasteiger partial charge in [0.2, 0.25) is 10.0 Å². The Labute approximate surface area is 213 Å². The highest BCUT2D eigenvalue weighted by Crippen LogP contribution is 2.32. The largest absolute Gasteiger partial charge is 0.493 e. The molecule has 1 saturated heterocycles. The van der Waals surface area contributed by atoms with Gasteiger partial charge in [0, 0.05) is 33.1 Å². The van der Waals surface area contributed by atoms with E-state index in [1.54, 1.807) is 12.1 Å². The number of rotatable bonds is 9. The Morgan fingerprint density at radius 3 is 2.22 bits per heavy atom. The molecule has 192 valence electrons. The van der Waals surface area contributed by atoms with Gasteiger partial charge in [-0.3, -0.25) is 4.72 Å². The van der Waals surface area contributed by atoms with E-state index in [0.29, 0.717) is 18.2 Å². The molecule has 0 amide bonds. The van der Waals surface area contributed by atoms with Crippen molar-refractivity contribution in [1.29, 1.82) is 0 Å². The first-order chi connectivity index (χ1) is 17.2. The average Bonchev–Trinajstić information content (AvgIpc) is 2.88. The third-order valence-electron chi connectivity index (χ3n) is 6.15. The van der Waals surface area contributed by atoms with E-state index in [2.05, 4.69) is 9.62 Å². The van der Waals surface area contributed by atoms with Crippen LogP contribution in [0.2, 0.25) is 0 Å². The maximum absolute atomic E-state index is 13.1. The van der Waals surface area contributed by atoms with Crippen LogP contribution < -0.4 is 14.4 Å². The Kier molecular flexibility index (Phi) is 7.87. The number of nitrogens with zero attached hydrogens (tertiary/aromatic N) is 2. The standard InChI is InChI=1S/C26H31N3O5S2/c1-28(2)36(32,33)24-16-14-23(15-17-24)35(30,31)27-25-12-6-7-13-26(25)29-18-8-9-21(19-29)20-34-22-10-4-3-5-11-22/h3-7,10-17,21,27H,8-9,18-20H2,1-2H3/t21-/m1/s1. The van der Waals surface area contributed by atoms with Crippen LogP contribution in [0.25, 0.3) is 0 Å². The summed E-state index contributed by atoms with van der Waals surface area (Å²) in [5.74, 6) is 1.15. The Bertz CT molecular complexity index is 1380. The highest BCUT2D eigenvalue weighted by molar-refractivity contribution is 7.92. The molecule has 8 nitrogen and oxygen atoms in total. The summed E-state index contributed by atoms with van der Waals surface area (Å²) >= 11 is 0. The van der Waals surface area contributed by atoms with E-state index in [4.69, 9.17) is 4.74 Å². The highest BCUT2D eigenvalue weighted by Gasteiger charge is 2.25. The maximum atomic E-state index is 13.1. The van der Waals surface area contributed by atoms with E-state index in [1.807, 2.05) is 42.5 Å². The molecule has 1 N–H and O–H groups in total. The molecule has 1 atom stereocenters. The molecule has 1 aliphatic heterocycles. The predicted molar refractivity (Wildman–Crippen MR) is 141 cm³/mol. The molecule has 0 spiro atoms. The molecule has 1 aliphatic rings. The molecular formula is C26H31N3O5S2. The van der Waals surface area contributed by atoms with Gasteiger partial charge in [0.1, 0.15) is 5.75 Å². The van der Waals surface area contributed by atoms with Gasteiger partial charge in [-0.05, 0) is 61.4 Å². The maximum Gasteiger partial charge on any atom is 0.261 e. The first-order valence-electron chi connectivity index (χ1n) is 11.7. The van der Waals surface area contributed by atoms with E-state index in [1.165, 1.54) is 38.4 Å². The molecule has 1 fully saturated rings. The Hall–Kier alpha value is -3.08. The summed E-state index contributed by atoms with van der Waals surface area (Å²) in [6.45, 7) is 2.16. The first kappa shape index (κ1) is 26.0. The molecule has 1 heterocycles. The van der Waals surface area contributed by atoms with Crippen LogP contribution in [-0.2, 0) is 20.0 Å². The third kappa shape index (κ3) is 6.00. The quantitative estimate of drug-likeness (QED) is 0.450. The van der Waals surface area contributed by atoms with Gasteiger partial charge in [0.25, 0.3) is 10.0 Å². The van der Waals surface area contributed by atoms with Gasteiger partial charge in [-0.2, -0.15) is 0 Å². The lowest BCUT2D eigenvalue weighted by Gasteiger charge is -2.35. The summed E-state index contributed by atoms with van der Waals surface area (Å²) in [4.78, 5) is 2.21. The lowest BCUT2D eigenvalue weighted by atomic mass is 9.98. The molecule has 36 heavy (non-hydrogen) atoms. The van der Waals surface area contributed by atoms with Gasteiger partial charge < -0.3 is 9.64 Å². The van der Waals surface area contributed by atoms with Crippen LogP contribution in [0.1, 0.15) is 12.8 Å². The number of hydrogen-bond acceptors (Lipinski definition) is 6. The minimum absolute atomic E-state index is 0.0113. The van der Waals surface area contributed by atoms with Crippen LogP contribution in [0.4, 0.5) is 11.4 Å². The lowest BCUT2D eigenvalue weighted by molar-refractivity contribution is 0.229. The number of hydrogen-bond donors (Lipinski definition) is 1. The van der Waals surface area contributed by atoms with Gasteiger partial charge in [0.15, 0.2) is 0 Å². The van der Waals surface area contributed by atoms with E-state index < -0.39 is 20.0 Å². The van der Waals surface area contributed by atoms with E-state index in [0.717, 1.165) is 41.7 Å². The Morgan fingerprint density at radius 1 is 0.889 bits per heavy atom. The average molecular weight is 530 g/mol. The number of para-hydroxylation sites is 3. The fourth-order valence-electron chi connectivity index (χ4n) is 4.19. The smallest absolute Gasteiger partial charge is 0.261 e. The minimum Gasteiger partial charge on any atom is -0.493 e. The van der Waals surface area contributed by atoms with Crippen molar-refractivity contribution in [2.45, 2.75) is 22.6 Å². The van der Waals surface area contributed by atoms with E-state index in [9.17, 15) is 16.8 Å². The molecule has 0 saturated carbocycles. The SMILES string of the molecule is CN(C)S(=O)(=O)c1ccc(S(=O)(=O)Nc2ccccc2N2CCC[C@@H](COc3ccccc3)C2)cc1. The number of benzene rings is 3. The number of piperidine rings is 1. The molecule has 0 bridgehead atoms. The van der Waals surface area contributed by atoms with Gasteiger partial charge >= 0.3 is 0 Å². The zero-order valence-corrected chi connectivity index (χ0v) is 22.0. The lowest BCUT2D eigenvalue weighted by Crippen LogP contribution is -2.38. The third-order valence-corrected chi connectivity index (χ3v) is 9.36. The van der Waals surface area contributed by atoms with E-state index in [-0.39, 0.29) is 9.79 Å². The van der Waals surface area contributed by atoms with Crippen molar-refractivity contribution < 1.29 is 21.6 Å². The second-order valence-corrected chi connectivity index (χ2v) is 12.8. The number of sulfonamides is 2. The molecule has 0 unspecified atom stereocenters. The van der Waals surface area contributed by atoms with Crippen molar-refractivity contribution in [2.24, 2.45) is 5.92 Å². The van der Waals surface area contributed by atoms with Crippen molar-refractivity contribution in [3.63, 3.8) is 0 Å². The van der Waals surface area contributed by atoms with Crippen LogP contribution in [0, 0.1) is 5.92 Å². The van der Waals surface area contributed by atoms with Gasteiger partial charge in [-0.25, -0.2) is 21.1 Å². The molecule has 0 aliphatic carbocycles. The normalized spacial score (nSPS) is 16.6. The summed E-state index contributed by atoms with van der Waals surface area (Å²) in [6, 6.07) is 22.2. The van der Waals surface area contributed by atoms with Gasteiger partial charge in [-0.1, -0.05) is 30.3 Å². The molecule has 0 radical (unpaired) electrons. The molecule has 10 heteroatoms. The van der Waals surface area contributed by atoms with Crippen molar-refractivity contribution in [1.82, 2.24) is 4.31 Å². The second-order valence-electron chi connectivity index (χ2n) is 8.96. The van der Waals surface area contributed by atoms with Crippen LogP contribution in [0.15, 0.2) is 88.7 Å². The van der Waals surface area contributed by atoms with Crippen LogP contribution in [-0.4, -0.2) is 54.9 Å². The Balaban J connectivity index is 1.49. The molecular weight excluding hydrogens is 498 g/mol. The van der Waals surface area contributed by atoms with Gasteiger partial charge in [-0.15, -0.1) is 0 Å². The summed E-state index contributed by atoms with van der Waals surface area (Å²) in [6.07, 6.45) is 2.02. The van der Waals surface area contributed by atoms with Crippen molar-refractivity contribution in [2.75, 3.05) is 43.4 Å². The topological polar surface area (TPSA) is 96.0 Å². The van der Waals surface area contributed by atoms with Crippen LogP contribution in [0.5, 0.6) is 5.75 Å². The molecule has 3 aromatic rings. The monoisotopic (exact) mass is 529 g/mol. The first-order valence-corrected chi connectivity index (χ1v) is 14.7. The van der Waals surface area contributed by atoms with Gasteiger partial charge in [0.05, 0.1) is 27.8 Å². The van der Waals surface area contributed by atoms with Crippen molar-refractivity contribution in [3.05, 3.63) is 78.9 Å². The molecule has 3 aromatic carbocycles. The zero-order valence-electron chi connectivity index (χ0n) is 20.4. The summed E-state index contributed by atoms with van der Waals surface area (Å²) in [5.41, 5.74) is 1.28. The zero-order chi connectivity index (χ0) is 25.8. The fraction of sp³-hybridized carbons (Fsp3) is 0.308. The van der Waals surface area contributed by atoms with Crippen molar-refractivity contribution in [3.8, 4) is 5.75 Å². The minimum atomic E-state index is -3.93. The van der Waals surface area contributed by atoms with Crippen molar-refractivity contribution >= 4 is 31.4 Å². The second kappa shape index (κ2) is 10.9. The highest BCUT2D eigenvalue weighted by atomic mass is 32.2. The van der Waals surface area contributed by atoms with Crippen LogP contribution in [0.3, 0.4) is 0 Å². The van der Waals surface area contributed by atoms with Crippen LogP contribution >= 0.6 is 0 Å². The summed E-state index contributed by atoms with van der Waals surface area (Å²) < 4.78 is 60.6. The summed E-state index contributed by atoms with van der Waals surface area (Å²) in [7, 11) is -4.72. The molecule has 4 rings (SSSR count). The number of nitrogens with one attached hydrogen (secondary N) is 1. The molecule has 0 aromatic heterocycles.